The Bertz CT molecular complexity index is 721. The number of hydrogen-bond donors (Lipinski definition) is 2. The van der Waals surface area contributed by atoms with Gasteiger partial charge in [0.2, 0.25) is 5.91 Å². The van der Waals surface area contributed by atoms with Crippen molar-refractivity contribution in [1.29, 1.82) is 0 Å². The van der Waals surface area contributed by atoms with Crippen molar-refractivity contribution >= 4 is 17.5 Å². The van der Waals surface area contributed by atoms with Gasteiger partial charge < -0.3 is 15.4 Å². The summed E-state index contributed by atoms with van der Waals surface area (Å²) in [6.45, 7) is -0.291. The summed E-state index contributed by atoms with van der Waals surface area (Å²) in [6.07, 6.45) is 5.30. The zero-order valence-electron chi connectivity index (χ0n) is 12.4. The highest BCUT2D eigenvalue weighted by atomic mass is 16.5. The van der Waals surface area contributed by atoms with Crippen LogP contribution in [0.1, 0.15) is 5.56 Å². The number of nitrogens with one attached hydrogen (secondary N) is 2. The average molecular weight is 308 g/mol. The van der Waals surface area contributed by atoms with E-state index < -0.39 is 0 Å². The number of hydrogen-bond acceptors (Lipinski definition) is 3. The Balaban J connectivity index is 1.73. The zero-order chi connectivity index (χ0) is 16.5. The largest absolute Gasteiger partial charge is 0.484 e. The minimum absolute atomic E-state index is 0.142. The Labute approximate surface area is 134 Å². The van der Waals surface area contributed by atoms with Crippen LogP contribution >= 0.6 is 0 Å². The van der Waals surface area contributed by atoms with E-state index in [4.69, 9.17) is 11.2 Å². The highest BCUT2D eigenvalue weighted by Crippen LogP contribution is 2.09. The first-order valence-electron chi connectivity index (χ1n) is 6.98. The number of amides is 2. The van der Waals surface area contributed by atoms with Crippen LogP contribution in [0.4, 0.5) is 5.69 Å². The van der Waals surface area contributed by atoms with Crippen molar-refractivity contribution in [2.45, 2.75) is 0 Å². The third-order valence-corrected chi connectivity index (χ3v) is 2.87. The quantitative estimate of drug-likeness (QED) is 0.800. The molecular formula is C18H16N2O3. The SMILES string of the molecule is C#Cc1cccc(NC(=O)CNC(=O)COc2ccccc2)c1. The predicted molar refractivity (Wildman–Crippen MR) is 88.0 cm³/mol. The highest BCUT2D eigenvalue weighted by Gasteiger charge is 2.07. The van der Waals surface area contributed by atoms with E-state index in [2.05, 4.69) is 16.6 Å². The van der Waals surface area contributed by atoms with Crippen LogP contribution in [0.3, 0.4) is 0 Å². The van der Waals surface area contributed by atoms with E-state index in [0.717, 1.165) is 0 Å². The lowest BCUT2D eigenvalue weighted by molar-refractivity contribution is -0.125. The molecule has 0 heterocycles. The molecule has 23 heavy (non-hydrogen) atoms. The van der Waals surface area contributed by atoms with E-state index in [1.807, 2.05) is 18.2 Å². The molecule has 0 aromatic heterocycles. The molecule has 0 bridgehead atoms. The average Bonchev–Trinajstić information content (AvgIpc) is 2.59. The minimum Gasteiger partial charge on any atom is -0.484 e. The summed E-state index contributed by atoms with van der Waals surface area (Å²) in [5, 5.41) is 5.14. The minimum atomic E-state index is -0.374. The van der Waals surface area contributed by atoms with Crippen LogP contribution in [0.25, 0.3) is 0 Å². The fourth-order valence-corrected chi connectivity index (χ4v) is 1.79. The second kappa shape index (κ2) is 8.25. The van der Waals surface area contributed by atoms with E-state index >= 15 is 0 Å². The summed E-state index contributed by atoms with van der Waals surface area (Å²) in [7, 11) is 0. The normalized spacial score (nSPS) is 9.52. The van der Waals surface area contributed by atoms with Crippen LogP contribution < -0.4 is 15.4 Å². The molecule has 0 aliphatic heterocycles. The first-order chi connectivity index (χ1) is 11.2. The molecule has 0 aliphatic carbocycles. The molecule has 2 amide bonds. The lowest BCUT2D eigenvalue weighted by atomic mass is 10.2. The maximum absolute atomic E-state index is 11.8. The molecule has 2 aromatic rings. The lowest BCUT2D eigenvalue weighted by Crippen LogP contribution is -2.35. The number of terminal acetylenes is 1. The van der Waals surface area contributed by atoms with Gasteiger partial charge in [0.15, 0.2) is 6.61 Å². The number of benzene rings is 2. The molecule has 0 aliphatic rings. The molecule has 5 nitrogen and oxygen atoms in total. The van der Waals surface area contributed by atoms with Gasteiger partial charge in [0, 0.05) is 11.3 Å². The Kier molecular flexibility index (Phi) is 5.78. The number of rotatable bonds is 6. The van der Waals surface area contributed by atoms with Gasteiger partial charge in [-0.05, 0) is 30.3 Å². The maximum atomic E-state index is 11.8. The molecule has 0 spiro atoms. The molecule has 0 fully saturated rings. The van der Waals surface area contributed by atoms with Gasteiger partial charge in [-0.15, -0.1) is 6.42 Å². The third kappa shape index (κ3) is 5.56. The van der Waals surface area contributed by atoms with Gasteiger partial charge in [0.25, 0.3) is 5.91 Å². The summed E-state index contributed by atoms with van der Waals surface area (Å²) in [5.41, 5.74) is 1.25. The summed E-state index contributed by atoms with van der Waals surface area (Å²) >= 11 is 0. The maximum Gasteiger partial charge on any atom is 0.258 e. The summed E-state index contributed by atoms with van der Waals surface area (Å²) < 4.78 is 5.28. The highest BCUT2D eigenvalue weighted by molar-refractivity contribution is 5.94. The van der Waals surface area contributed by atoms with E-state index in [9.17, 15) is 9.59 Å². The van der Waals surface area contributed by atoms with Crippen LogP contribution in [0.5, 0.6) is 5.75 Å². The molecule has 116 valence electrons. The van der Waals surface area contributed by atoms with Crippen molar-refractivity contribution in [2.24, 2.45) is 0 Å². The molecule has 2 rings (SSSR count). The Morgan fingerprint density at radius 3 is 2.57 bits per heavy atom. The second-order valence-electron chi connectivity index (χ2n) is 4.65. The van der Waals surface area contributed by atoms with Gasteiger partial charge in [-0.25, -0.2) is 0 Å². The number of carbonyl (C=O) groups excluding carboxylic acids is 2. The van der Waals surface area contributed by atoms with Crippen LogP contribution in [0.15, 0.2) is 54.6 Å². The molecule has 5 heteroatoms. The van der Waals surface area contributed by atoms with Crippen molar-refractivity contribution in [1.82, 2.24) is 5.32 Å². The Morgan fingerprint density at radius 1 is 1.04 bits per heavy atom. The van der Waals surface area contributed by atoms with Crippen molar-refractivity contribution in [3.05, 3.63) is 60.2 Å². The number of anilines is 1. The second-order valence-corrected chi connectivity index (χ2v) is 4.65. The van der Waals surface area contributed by atoms with Gasteiger partial charge >= 0.3 is 0 Å². The standard InChI is InChI=1S/C18H16N2O3/c1-2-14-7-6-8-15(11-14)20-17(21)12-19-18(22)13-23-16-9-4-3-5-10-16/h1,3-11H,12-13H2,(H,19,22)(H,20,21). The van der Waals surface area contributed by atoms with Crippen molar-refractivity contribution in [2.75, 3.05) is 18.5 Å². The molecular weight excluding hydrogens is 292 g/mol. The molecule has 0 saturated carbocycles. The van der Waals surface area contributed by atoms with Gasteiger partial charge in [0.05, 0.1) is 6.54 Å². The van der Waals surface area contributed by atoms with Crippen LogP contribution in [-0.2, 0) is 9.59 Å². The van der Waals surface area contributed by atoms with Crippen molar-refractivity contribution < 1.29 is 14.3 Å². The van der Waals surface area contributed by atoms with E-state index in [-0.39, 0.29) is 25.0 Å². The Morgan fingerprint density at radius 2 is 1.83 bits per heavy atom. The van der Waals surface area contributed by atoms with Gasteiger partial charge in [-0.3, -0.25) is 9.59 Å². The van der Waals surface area contributed by atoms with Crippen LogP contribution in [0, 0.1) is 12.3 Å². The fraction of sp³-hybridized carbons (Fsp3) is 0.111. The molecule has 2 aromatic carbocycles. The summed E-state index contributed by atoms with van der Waals surface area (Å²) in [6, 6.07) is 15.9. The molecule has 2 N–H and O–H groups in total. The molecule has 0 unspecified atom stereocenters. The van der Waals surface area contributed by atoms with Crippen molar-refractivity contribution in [3.63, 3.8) is 0 Å². The van der Waals surface area contributed by atoms with Crippen LogP contribution in [0.2, 0.25) is 0 Å². The van der Waals surface area contributed by atoms with E-state index in [0.29, 0.717) is 17.0 Å². The van der Waals surface area contributed by atoms with Crippen molar-refractivity contribution in [3.8, 4) is 18.1 Å². The monoisotopic (exact) mass is 308 g/mol. The smallest absolute Gasteiger partial charge is 0.258 e. The number of ether oxygens (including phenoxy) is 1. The van der Waals surface area contributed by atoms with E-state index in [1.165, 1.54) is 0 Å². The number of carbonyl (C=O) groups is 2. The fourth-order valence-electron chi connectivity index (χ4n) is 1.79. The van der Waals surface area contributed by atoms with Gasteiger partial charge in [-0.1, -0.05) is 30.2 Å². The number of para-hydroxylation sites is 1. The summed E-state index contributed by atoms with van der Waals surface area (Å²) in [5.74, 6) is 2.37. The molecule has 0 atom stereocenters. The Hall–Kier alpha value is -3.26. The van der Waals surface area contributed by atoms with Gasteiger partial charge in [0.1, 0.15) is 5.75 Å². The lowest BCUT2D eigenvalue weighted by Gasteiger charge is -2.08. The predicted octanol–water partition coefficient (Wildman–Crippen LogP) is 1.80. The van der Waals surface area contributed by atoms with Gasteiger partial charge in [-0.2, -0.15) is 0 Å². The molecule has 0 radical (unpaired) electrons. The topological polar surface area (TPSA) is 67.4 Å². The first-order valence-corrected chi connectivity index (χ1v) is 6.98. The van der Waals surface area contributed by atoms with Crippen LogP contribution in [-0.4, -0.2) is 25.0 Å². The first kappa shape index (κ1) is 16.1. The summed E-state index contributed by atoms with van der Waals surface area (Å²) in [4.78, 5) is 23.4. The third-order valence-electron chi connectivity index (χ3n) is 2.87. The zero-order valence-corrected chi connectivity index (χ0v) is 12.4. The van der Waals surface area contributed by atoms with E-state index in [1.54, 1.807) is 36.4 Å². The molecule has 0 saturated heterocycles.